The third kappa shape index (κ3) is 1.86. The number of carbonyl (C=O) groups is 1. The number of aromatic nitrogens is 1. The second kappa shape index (κ2) is 3.56. The van der Waals surface area contributed by atoms with Crippen LogP contribution in [0.15, 0.2) is 24.5 Å². The molecule has 1 aliphatic carbocycles. The van der Waals surface area contributed by atoms with Crippen LogP contribution < -0.4 is 5.32 Å². The normalized spacial score (nSPS) is 16.3. The molecule has 3 heteroatoms. The van der Waals surface area contributed by atoms with E-state index in [4.69, 9.17) is 0 Å². The van der Waals surface area contributed by atoms with E-state index in [1.54, 1.807) is 24.5 Å². The Hall–Kier alpha value is -1.38. The first-order chi connectivity index (χ1) is 6.36. The lowest BCUT2D eigenvalue weighted by Gasteiger charge is -2.26. The average Bonchev–Trinajstić information content (AvgIpc) is 2.12. The summed E-state index contributed by atoms with van der Waals surface area (Å²) in [4.78, 5) is 15.4. The van der Waals surface area contributed by atoms with Crippen molar-refractivity contribution in [3.63, 3.8) is 0 Å². The number of carbonyl (C=O) groups excluding carboxylic acids is 1. The van der Waals surface area contributed by atoms with Gasteiger partial charge in [0.05, 0.1) is 0 Å². The van der Waals surface area contributed by atoms with Gasteiger partial charge in [-0.25, -0.2) is 0 Å². The van der Waals surface area contributed by atoms with E-state index in [0.717, 1.165) is 12.8 Å². The molecule has 0 unspecified atom stereocenters. The zero-order valence-corrected chi connectivity index (χ0v) is 7.36. The van der Waals surface area contributed by atoms with Gasteiger partial charge in [0.15, 0.2) is 0 Å². The summed E-state index contributed by atoms with van der Waals surface area (Å²) in [6, 6.07) is 3.86. The van der Waals surface area contributed by atoms with Crippen LogP contribution in [0.25, 0.3) is 0 Å². The molecule has 1 aromatic heterocycles. The van der Waals surface area contributed by atoms with Crippen LogP contribution in [0.2, 0.25) is 0 Å². The van der Waals surface area contributed by atoms with Gasteiger partial charge in [0.2, 0.25) is 0 Å². The van der Waals surface area contributed by atoms with Crippen LogP contribution in [0.4, 0.5) is 0 Å². The third-order valence-electron chi connectivity index (χ3n) is 2.38. The fraction of sp³-hybridized carbons (Fsp3) is 0.400. The minimum atomic E-state index is 0.0205. The maximum Gasteiger partial charge on any atom is 0.251 e. The molecule has 0 spiro atoms. The van der Waals surface area contributed by atoms with Gasteiger partial charge in [-0.05, 0) is 31.4 Å². The Kier molecular flexibility index (Phi) is 2.25. The van der Waals surface area contributed by atoms with E-state index in [-0.39, 0.29) is 5.91 Å². The fourth-order valence-electron chi connectivity index (χ4n) is 1.32. The van der Waals surface area contributed by atoms with Gasteiger partial charge in [0, 0.05) is 24.0 Å². The first kappa shape index (κ1) is 8.23. The largest absolute Gasteiger partial charge is 0.349 e. The lowest BCUT2D eigenvalue weighted by atomic mass is 9.93. The molecule has 68 valence electrons. The molecule has 1 saturated carbocycles. The van der Waals surface area contributed by atoms with Crippen molar-refractivity contribution >= 4 is 5.91 Å². The first-order valence-corrected chi connectivity index (χ1v) is 4.57. The Labute approximate surface area is 77.2 Å². The van der Waals surface area contributed by atoms with E-state index in [9.17, 15) is 4.79 Å². The van der Waals surface area contributed by atoms with Gasteiger partial charge in [0.1, 0.15) is 0 Å². The van der Waals surface area contributed by atoms with Crippen molar-refractivity contribution in [1.29, 1.82) is 0 Å². The lowest BCUT2D eigenvalue weighted by molar-refractivity contribution is 0.0917. The number of rotatable bonds is 2. The predicted octanol–water partition coefficient (Wildman–Crippen LogP) is 1.36. The van der Waals surface area contributed by atoms with E-state index in [1.165, 1.54) is 6.42 Å². The molecule has 1 amide bonds. The predicted molar refractivity (Wildman–Crippen MR) is 49.3 cm³/mol. The highest BCUT2D eigenvalue weighted by atomic mass is 16.1. The molecule has 3 nitrogen and oxygen atoms in total. The molecule has 1 N–H and O–H groups in total. The third-order valence-corrected chi connectivity index (χ3v) is 2.38. The second-order valence-electron chi connectivity index (χ2n) is 3.34. The van der Waals surface area contributed by atoms with Crippen LogP contribution in [-0.2, 0) is 0 Å². The number of amides is 1. The zero-order valence-electron chi connectivity index (χ0n) is 7.36. The summed E-state index contributed by atoms with van der Waals surface area (Å²) in [5, 5.41) is 2.97. The van der Waals surface area contributed by atoms with Gasteiger partial charge in [0.25, 0.3) is 5.91 Å². The minimum absolute atomic E-state index is 0.0205. The number of hydrogen-bond donors (Lipinski definition) is 1. The Morgan fingerprint density at radius 3 is 2.62 bits per heavy atom. The Bertz CT molecular complexity index is 293. The molecule has 0 aliphatic heterocycles. The standard InChI is InChI=1S/C10H12N2O/c13-10(12-9-2-1-3-9)8-4-6-11-7-5-8/h4-7,9H,1-3H2,(H,12,13). The molecule has 0 saturated heterocycles. The molecule has 1 aromatic rings. The second-order valence-corrected chi connectivity index (χ2v) is 3.34. The molecule has 1 aliphatic rings. The van der Waals surface area contributed by atoms with Gasteiger partial charge >= 0.3 is 0 Å². The van der Waals surface area contributed by atoms with Crippen molar-refractivity contribution in [1.82, 2.24) is 10.3 Å². The summed E-state index contributed by atoms with van der Waals surface area (Å²) in [6.07, 6.45) is 6.75. The van der Waals surface area contributed by atoms with Crippen molar-refractivity contribution < 1.29 is 4.79 Å². The van der Waals surface area contributed by atoms with Crippen molar-refractivity contribution in [3.05, 3.63) is 30.1 Å². The van der Waals surface area contributed by atoms with Crippen molar-refractivity contribution in [3.8, 4) is 0 Å². The summed E-state index contributed by atoms with van der Waals surface area (Å²) in [6.45, 7) is 0. The van der Waals surface area contributed by atoms with Crippen LogP contribution in [0.3, 0.4) is 0 Å². The van der Waals surface area contributed by atoms with Gasteiger partial charge in [-0.2, -0.15) is 0 Å². The highest BCUT2D eigenvalue weighted by Gasteiger charge is 2.19. The number of hydrogen-bond acceptors (Lipinski definition) is 2. The SMILES string of the molecule is O=C(NC1CCC1)c1ccncc1. The molecular formula is C10H12N2O. The van der Waals surface area contributed by atoms with E-state index >= 15 is 0 Å². The molecule has 0 aromatic carbocycles. The van der Waals surface area contributed by atoms with Gasteiger partial charge in [-0.3, -0.25) is 9.78 Å². The average molecular weight is 176 g/mol. The summed E-state index contributed by atoms with van der Waals surface area (Å²) in [5.74, 6) is 0.0205. The lowest BCUT2D eigenvalue weighted by Crippen LogP contribution is -2.39. The highest BCUT2D eigenvalue weighted by molar-refractivity contribution is 5.94. The molecule has 0 bridgehead atoms. The maximum absolute atomic E-state index is 11.5. The van der Waals surface area contributed by atoms with Gasteiger partial charge < -0.3 is 5.32 Å². The monoisotopic (exact) mass is 176 g/mol. The highest BCUT2D eigenvalue weighted by Crippen LogP contribution is 2.18. The maximum atomic E-state index is 11.5. The quantitative estimate of drug-likeness (QED) is 0.739. The topological polar surface area (TPSA) is 42.0 Å². The minimum Gasteiger partial charge on any atom is -0.349 e. The van der Waals surface area contributed by atoms with Crippen LogP contribution in [-0.4, -0.2) is 16.9 Å². The number of nitrogens with one attached hydrogen (secondary N) is 1. The van der Waals surface area contributed by atoms with Crippen LogP contribution in [0, 0.1) is 0 Å². The molecule has 0 radical (unpaired) electrons. The Morgan fingerprint density at radius 2 is 2.08 bits per heavy atom. The van der Waals surface area contributed by atoms with Crippen molar-refractivity contribution in [2.45, 2.75) is 25.3 Å². The number of pyridine rings is 1. The molecule has 0 atom stereocenters. The summed E-state index contributed by atoms with van der Waals surface area (Å²) >= 11 is 0. The van der Waals surface area contributed by atoms with Gasteiger partial charge in [-0.1, -0.05) is 0 Å². The first-order valence-electron chi connectivity index (χ1n) is 4.57. The van der Waals surface area contributed by atoms with E-state index in [2.05, 4.69) is 10.3 Å². The Balaban J connectivity index is 1.97. The smallest absolute Gasteiger partial charge is 0.251 e. The zero-order chi connectivity index (χ0) is 9.10. The molecule has 2 rings (SSSR count). The van der Waals surface area contributed by atoms with Crippen molar-refractivity contribution in [2.24, 2.45) is 0 Å². The van der Waals surface area contributed by atoms with E-state index < -0.39 is 0 Å². The molecule has 13 heavy (non-hydrogen) atoms. The van der Waals surface area contributed by atoms with Crippen LogP contribution >= 0.6 is 0 Å². The fourth-order valence-corrected chi connectivity index (χ4v) is 1.32. The Morgan fingerprint density at radius 1 is 1.38 bits per heavy atom. The summed E-state index contributed by atoms with van der Waals surface area (Å²) in [5.41, 5.74) is 0.696. The molecule has 1 heterocycles. The van der Waals surface area contributed by atoms with Gasteiger partial charge in [-0.15, -0.1) is 0 Å². The van der Waals surface area contributed by atoms with Crippen LogP contribution in [0.5, 0.6) is 0 Å². The summed E-state index contributed by atoms with van der Waals surface area (Å²) in [7, 11) is 0. The van der Waals surface area contributed by atoms with Crippen molar-refractivity contribution in [2.75, 3.05) is 0 Å². The summed E-state index contributed by atoms with van der Waals surface area (Å²) < 4.78 is 0. The molecule has 1 fully saturated rings. The van der Waals surface area contributed by atoms with Crippen LogP contribution in [0.1, 0.15) is 29.6 Å². The number of nitrogens with zero attached hydrogens (tertiary/aromatic N) is 1. The molecular weight excluding hydrogens is 164 g/mol. The van der Waals surface area contributed by atoms with E-state index in [1.807, 2.05) is 0 Å². The van der Waals surface area contributed by atoms with E-state index in [0.29, 0.717) is 11.6 Å².